The van der Waals surface area contributed by atoms with Gasteiger partial charge < -0.3 is 0 Å². The molecular weight excluding hydrogens is 328 g/mol. The Hall–Kier alpha value is -2.64. The molecule has 0 N–H and O–H groups in total. The third kappa shape index (κ3) is 3.04. The Morgan fingerprint density at radius 3 is 1.96 bits per heavy atom. The summed E-state index contributed by atoms with van der Waals surface area (Å²) in [6, 6.07) is 28.0. The molecule has 0 fully saturated rings. The maximum atomic E-state index is 12.9. The Morgan fingerprint density at radius 2 is 1.32 bits per heavy atom. The summed E-state index contributed by atoms with van der Waals surface area (Å²) < 4.78 is 0. The van der Waals surface area contributed by atoms with Crippen LogP contribution in [0.25, 0.3) is 11.1 Å². The highest BCUT2D eigenvalue weighted by Crippen LogP contribution is 2.47. The third-order valence-corrected chi connectivity index (χ3v) is 4.96. The molecule has 0 aliphatic heterocycles. The van der Waals surface area contributed by atoms with E-state index in [1.165, 1.54) is 5.56 Å². The Bertz CT molecular complexity index is 925. The van der Waals surface area contributed by atoms with Crippen molar-refractivity contribution < 1.29 is 4.79 Å². The molecule has 0 heterocycles. The summed E-state index contributed by atoms with van der Waals surface area (Å²) in [7, 11) is 0. The van der Waals surface area contributed by atoms with E-state index < -0.39 is 0 Å². The molecule has 3 aromatic rings. The average molecular weight is 345 g/mol. The molecule has 0 radical (unpaired) electrons. The van der Waals surface area contributed by atoms with Crippen LogP contribution < -0.4 is 0 Å². The molecule has 122 valence electrons. The minimum absolute atomic E-state index is 0.0850. The van der Waals surface area contributed by atoms with Gasteiger partial charge in [0.2, 0.25) is 0 Å². The minimum Gasteiger partial charge on any atom is -0.294 e. The first-order chi connectivity index (χ1) is 12.2. The highest BCUT2D eigenvalue weighted by atomic mass is 35.5. The summed E-state index contributed by atoms with van der Waals surface area (Å²) in [5.41, 5.74) is 5.15. The fourth-order valence-corrected chi connectivity index (χ4v) is 3.71. The molecule has 2 heteroatoms. The van der Waals surface area contributed by atoms with E-state index in [9.17, 15) is 4.79 Å². The number of benzene rings is 3. The van der Waals surface area contributed by atoms with Crippen molar-refractivity contribution in [3.8, 4) is 0 Å². The first-order valence-corrected chi connectivity index (χ1v) is 8.75. The van der Waals surface area contributed by atoms with Crippen LogP contribution in [0.1, 0.15) is 29.0 Å². The summed E-state index contributed by atoms with van der Waals surface area (Å²) in [5.74, 6) is 0.275. The van der Waals surface area contributed by atoms with Gasteiger partial charge in [-0.25, -0.2) is 0 Å². The number of halogens is 1. The molecule has 1 aliphatic rings. The van der Waals surface area contributed by atoms with Crippen molar-refractivity contribution >= 4 is 28.5 Å². The van der Waals surface area contributed by atoms with Crippen LogP contribution in [0.4, 0.5) is 0 Å². The zero-order valence-corrected chi connectivity index (χ0v) is 14.4. The van der Waals surface area contributed by atoms with Crippen LogP contribution in [-0.4, -0.2) is 5.78 Å². The summed E-state index contributed by atoms with van der Waals surface area (Å²) in [6.45, 7) is 0. The van der Waals surface area contributed by atoms with Crippen LogP contribution in [0.2, 0.25) is 5.02 Å². The molecule has 0 bridgehead atoms. The molecule has 1 atom stereocenters. The van der Waals surface area contributed by atoms with Crippen molar-refractivity contribution in [2.75, 3.05) is 0 Å². The molecule has 1 unspecified atom stereocenters. The lowest BCUT2D eigenvalue weighted by Crippen LogP contribution is -1.99. The quantitative estimate of drug-likeness (QED) is 0.568. The van der Waals surface area contributed by atoms with E-state index in [0.717, 1.165) is 22.3 Å². The van der Waals surface area contributed by atoms with Crippen LogP contribution >= 0.6 is 11.6 Å². The number of carbonyl (C=O) groups is 1. The molecule has 1 nitrogen and oxygen atoms in total. The second-order valence-corrected chi connectivity index (χ2v) is 6.69. The van der Waals surface area contributed by atoms with Gasteiger partial charge in [0.25, 0.3) is 0 Å². The number of ketones is 1. The van der Waals surface area contributed by atoms with Gasteiger partial charge in [-0.1, -0.05) is 84.4 Å². The van der Waals surface area contributed by atoms with Crippen LogP contribution in [0.3, 0.4) is 0 Å². The molecule has 0 spiro atoms. The lowest BCUT2D eigenvalue weighted by Gasteiger charge is -2.16. The molecule has 0 aromatic heterocycles. The highest BCUT2D eigenvalue weighted by molar-refractivity contribution is 6.33. The van der Waals surface area contributed by atoms with Gasteiger partial charge in [0, 0.05) is 22.9 Å². The van der Waals surface area contributed by atoms with E-state index in [2.05, 4.69) is 24.3 Å². The van der Waals surface area contributed by atoms with Crippen molar-refractivity contribution in [1.29, 1.82) is 0 Å². The first-order valence-electron chi connectivity index (χ1n) is 8.37. The topological polar surface area (TPSA) is 17.1 Å². The maximum absolute atomic E-state index is 12.9. The van der Waals surface area contributed by atoms with Crippen LogP contribution in [0, 0.1) is 0 Å². The molecule has 0 amide bonds. The number of hydrogen-bond acceptors (Lipinski definition) is 1. The van der Waals surface area contributed by atoms with Crippen LogP contribution in [-0.2, 0) is 4.79 Å². The zero-order valence-electron chi connectivity index (χ0n) is 13.7. The van der Waals surface area contributed by atoms with Gasteiger partial charge >= 0.3 is 0 Å². The molecular formula is C23H17ClO. The van der Waals surface area contributed by atoms with Crippen molar-refractivity contribution in [2.24, 2.45) is 0 Å². The van der Waals surface area contributed by atoms with E-state index in [0.29, 0.717) is 11.4 Å². The predicted octanol–water partition coefficient (Wildman–Crippen LogP) is 6.01. The summed E-state index contributed by atoms with van der Waals surface area (Å²) in [6.07, 6.45) is 0.506. The number of rotatable bonds is 3. The normalized spacial score (nSPS) is 17.2. The van der Waals surface area contributed by atoms with E-state index in [-0.39, 0.29) is 11.7 Å². The smallest absolute Gasteiger partial charge is 0.164 e. The Balaban J connectivity index is 1.94. The van der Waals surface area contributed by atoms with E-state index >= 15 is 0 Å². The standard InChI is InChI=1S/C23H17ClO/c24-19-13-11-18(12-14-19)23-21(25)15-20(16-7-3-1-4-8-16)22(23)17-9-5-2-6-10-17/h1-14,20H,15H2. The second kappa shape index (κ2) is 6.70. The minimum atomic E-state index is 0.0850. The fourth-order valence-electron chi connectivity index (χ4n) is 3.58. The second-order valence-electron chi connectivity index (χ2n) is 6.25. The molecule has 1 aliphatic carbocycles. The van der Waals surface area contributed by atoms with E-state index in [4.69, 9.17) is 11.6 Å². The average Bonchev–Trinajstić information content (AvgIpc) is 3.01. The van der Waals surface area contributed by atoms with E-state index in [1.54, 1.807) is 0 Å². The van der Waals surface area contributed by atoms with Crippen molar-refractivity contribution in [2.45, 2.75) is 12.3 Å². The van der Waals surface area contributed by atoms with Crippen molar-refractivity contribution in [1.82, 2.24) is 0 Å². The summed E-state index contributed by atoms with van der Waals surface area (Å²) >= 11 is 6.03. The van der Waals surface area contributed by atoms with Gasteiger partial charge in [-0.3, -0.25) is 4.79 Å². The molecule has 3 aromatic carbocycles. The highest BCUT2D eigenvalue weighted by Gasteiger charge is 2.34. The number of allylic oxidation sites excluding steroid dienone is 2. The Kier molecular flexibility index (Phi) is 4.25. The van der Waals surface area contributed by atoms with Crippen LogP contribution in [0.5, 0.6) is 0 Å². The first kappa shape index (κ1) is 15.9. The van der Waals surface area contributed by atoms with Crippen molar-refractivity contribution in [3.05, 3.63) is 107 Å². The maximum Gasteiger partial charge on any atom is 0.164 e. The van der Waals surface area contributed by atoms with E-state index in [1.807, 2.05) is 60.7 Å². The molecule has 4 rings (SSSR count). The lowest BCUT2D eigenvalue weighted by molar-refractivity contribution is -0.113. The Morgan fingerprint density at radius 1 is 0.720 bits per heavy atom. The predicted molar refractivity (Wildman–Crippen MR) is 104 cm³/mol. The van der Waals surface area contributed by atoms with Gasteiger partial charge in [-0.05, 0) is 34.4 Å². The lowest BCUT2D eigenvalue weighted by atomic mass is 9.87. The molecule has 0 saturated heterocycles. The third-order valence-electron chi connectivity index (χ3n) is 4.71. The molecule has 0 saturated carbocycles. The van der Waals surface area contributed by atoms with Gasteiger partial charge in [-0.2, -0.15) is 0 Å². The summed E-state index contributed by atoms with van der Waals surface area (Å²) in [5, 5.41) is 0.677. The van der Waals surface area contributed by atoms with Crippen LogP contribution in [0.15, 0.2) is 84.9 Å². The van der Waals surface area contributed by atoms with Gasteiger partial charge in [-0.15, -0.1) is 0 Å². The largest absolute Gasteiger partial charge is 0.294 e. The number of hydrogen-bond donors (Lipinski definition) is 0. The SMILES string of the molecule is O=C1CC(c2ccccc2)C(c2ccccc2)=C1c1ccc(Cl)cc1. The van der Waals surface area contributed by atoms with Gasteiger partial charge in [0.15, 0.2) is 5.78 Å². The number of Topliss-reactive ketones (excluding diaryl/α,β-unsaturated/α-hetero) is 1. The monoisotopic (exact) mass is 344 g/mol. The molecule has 25 heavy (non-hydrogen) atoms. The van der Waals surface area contributed by atoms with Gasteiger partial charge in [0.05, 0.1) is 0 Å². The number of carbonyl (C=O) groups excluding carboxylic acids is 1. The fraction of sp³-hybridized carbons (Fsp3) is 0.0870. The van der Waals surface area contributed by atoms with Gasteiger partial charge in [0.1, 0.15) is 0 Å². The zero-order chi connectivity index (χ0) is 17.2. The Labute approximate surface area is 152 Å². The summed E-state index contributed by atoms with van der Waals surface area (Å²) in [4.78, 5) is 12.9. The van der Waals surface area contributed by atoms with Crippen molar-refractivity contribution in [3.63, 3.8) is 0 Å².